The maximum Gasteiger partial charge on any atom is 0.152 e. The molecule has 1 aromatic heterocycles. The van der Waals surface area contributed by atoms with Crippen LogP contribution in [0.1, 0.15) is 25.5 Å². The van der Waals surface area contributed by atoms with Gasteiger partial charge in [-0.25, -0.2) is 9.97 Å². The molecule has 0 atom stereocenters. The molecule has 3 heteroatoms. The molecule has 0 unspecified atom stereocenters. The minimum atomic E-state index is 0.869. The Balaban J connectivity index is 2.01. The van der Waals surface area contributed by atoms with Crippen molar-refractivity contribution in [1.82, 2.24) is 9.97 Å². The van der Waals surface area contributed by atoms with Gasteiger partial charge in [0.1, 0.15) is 0 Å². The highest BCUT2D eigenvalue weighted by Crippen LogP contribution is 2.22. The Morgan fingerprint density at radius 2 is 1.52 bits per heavy atom. The molecule has 21 heavy (non-hydrogen) atoms. The van der Waals surface area contributed by atoms with Gasteiger partial charge < -0.3 is 5.32 Å². The fourth-order valence-corrected chi connectivity index (χ4v) is 2.31. The lowest BCUT2D eigenvalue weighted by atomic mass is 10.2. The van der Waals surface area contributed by atoms with Crippen LogP contribution in [-0.2, 0) is 6.42 Å². The van der Waals surface area contributed by atoms with Crippen molar-refractivity contribution in [2.45, 2.75) is 26.2 Å². The second kappa shape index (κ2) is 6.35. The first-order valence-corrected chi connectivity index (χ1v) is 7.44. The van der Waals surface area contributed by atoms with Gasteiger partial charge in [0, 0.05) is 5.69 Å². The Morgan fingerprint density at radius 3 is 2.24 bits per heavy atom. The first-order valence-electron chi connectivity index (χ1n) is 7.44. The van der Waals surface area contributed by atoms with Crippen LogP contribution in [0.4, 0.5) is 11.5 Å². The van der Waals surface area contributed by atoms with Crippen LogP contribution < -0.4 is 5.32 Å². The number of hydrogen-bond acceptors (Lipinski definition) is 3. The van der Waals surface area contributed by atoms with Crippen LogP contribution in [0.25, 0.3) is 11.0 Å². The maximum atomic E-state index is 4.78. The Kier molecular flexibility index (Phi) is 4.10. The number of anilines is 2. The molecule has 3 nitrogen and oxygen atoms in total. The molecule has 0 spiro atoms. The summed E-state index contributed by atoms with van der Waals surface area (Å²) in [6, 6.07) is 18.1. The molecule has 0 aliphatic heterocycles. The van der Waals surface area contributed by atoms with Gasteiger partial charge in [-0.3, -0.25) is 0 Å². The Morgan fingerprint density at radius 1 is 0.857 bits per heavy atom. The van der Waals surface area contributed by atoms with E-state index in [1.807, 2.05) is 54.6 Å². The standard InChI is InChI=1S/C18H19N3/c1-2-3-11-17-18(19-14-9-5-4-6-10-14)21-16-13-8-7-12-15(16)20-17/h4-10,12-13H,2-3,11H2,1H3,(H,19,21). The quantitative estimate of drug-likeness (QED) is 0.733. The van der Waals surface area contributed by atoms with E-state index in [0.29, 0.717) is 0 Å². The summed E-state index contributed by atoms with van der Waals surface area (Å²) in [7, 11) is 0. The lowest BCUT2D eigenvalue weighted by Crippen LogP contribution is -2.03. The van der Waals surface area contributed by atoms with E-state index in [-0.39, 0.29) is 0 Å². The van der Waals surface area contributed by atoms with Gasteiger partial charge in [-0.2, -0.15) is 0 Å². The average molecular weight is 277 g/mol. The minimum absolute atomic E-state index is 0.869. The number of para-hydroxylation sites is 3. The summed E-state index contributed by atoms with van der Waals surface area (Å²) in [5, 5.41) is 3.40. The van der Waals surface area contributed by atoms with Gasteiger partial charge in [0.15, 0.2) is 5.82 Å². The van der Waals surface area contributed by atoms with Crippen molar-refractivity contribution in [2.24, 2.45) is 0 Å². The van der Waals surface area contributed by atoms with Gasteiger partial charge in [0.05, 0.1) is 16.7 Å². The third-order valence-electron chi connectivity index (χ3n) is 3.45. The molecule has 0 amide bonds. The van der Waals surface area contributed by atoms with Crippen LogP contribution in [0.5, 0.6) is 0 Å². The van der Waals surface area contributed by atoms with Gasteiger partial charge in [-0.05, 0) is 37.1 Å². The summed E-state index contributed by atoms with van der Waals surface area (Å²) in [6.07, 6.45) is 3.22. The summed E-state index contributed by atoms with van der Waals surface area (Å²) in [6.45, 7) is 2.19. The number of unbranched alkanes of at least 4 members (excludes halogenated alkanes) is 1. The molecule has 2 aromatic carbocycles. The van der Waals surface area contributed by atoms with Gasteiger partial charge in [0.2, 0.25) is 0 Å². The lowest BCUT2D eigenvalue weighted by Gasteiger charge is -2.11. The maximum absolute atomic E-state index is 4.78. The second-order valence-corrected chi connectivity index (χ2v) is 5.10. The highest BCUT2D eigenvalue weighted by atomic mass is 15.0. The zero-order valence-electron chi connectivity index (χ0n) is 12.2. The highest BCUT2D eigenvalue weighted by Gasteiger charge is 2.08. The molecule has 0 fully saturated rings. The molecule has 3 rings (SSSR count). The molecule has 0 saturated carbocycles. The lowest BCUT2D eigenvalue weighted by molar-refractivity contribution is 0.778. The Hall–Kier alpha value is -2.42. The van der Waals surface area contributed by atoms with Crippen molar-refractivity contribution in [2.75, 3.05) is 5.32 Å². The fraction of sp³-hybridized carbons (Fsp3) is 0.222. The normalized spacial score (nSPS) is 10.7. The van der Waals surface area contributed by atoms with Crippen molar-refractivity contribution in [3.05, 3.63) is 60.3 Å². The van der Waals surface area contributed by atoms with E-state index in [4.69, 9.17) is 9.97 Å². The predicted molar refractivity (Wildman–Crippen MR) is 87.9 cm³/mol. The van der Waals surface area contributed by atoms with E-state index >= 15 is 0 Å². The van der Waals surface area contributed by atoms with Crippen LogP contribution in [0.3, 0.4) is 0 Å². The minimum Gasteiger partial charge on any atom is -0.339 e. The van der Waals surface area contributed by atoms with Crippen molar-refractivity contribution < 1.29 is 0 Å². The molecule has 1 heterocycles. The van der Waals surface area contributed by atoms with Crippen LogP contribution >= 0.6 is 0 Å². The number of aromatic nitrogens is 2. The number of nitrogens with one attached hydrogen (secondary N) is 1. The van der Waals surface area contributed by atoms with Gasteiger partial charge in [-0.1, -0.05) is 43.7 Å². The van der Waals surface area contributed by atoms with Crippen LogP contribution in [0.15, 0.2) is 54.6 Å². The van der Waals surface area contributed by atoms with Crippen LogP contribution in [0.2, 0.25) is 0 Å². The molecule has 0 radical (unpaired) electrons. The molecule has 0 aliphatic rings. The zero-order valence-corrected chi connectivity index (χ0v) is 12.2. The van der Waals surface area contributed by atoms with Crippen molar-refractivity contribution >= 4 is 22.5 Å². The number of benzene rings is 2. The average Bonchev–Trinajstić information content (AvgIpc) is 2.54. The number of nitrogens with zero attached hydrogens (tertiary/aromatic N) is 2. The van der Waals surface area contributed by atoms with Crippen molar-refractivity contribution in [1.29, 1.82) is 0 Å². The van der Waals surface area contributed by atoms with Crippen molar-refractivity contribution in [3.63, 3.8) is 0 Å². The smallest absolute Gasteiger partial charge is 0.152 e. The number of fused-ring (bicyclic) bond motifs is 1. The molecule has 0 aliphatic carbocycles. The van der Waals surface area contributed by atoms with E-state index in [2.05, 4.69) is 12.2 Å². The predicted octanol–water partition coefficient (Wildman–Crippen LogP) is 4.72. The van der Waals surface area contributed by atoms with E-state index in [1.54, 1.807) is 0 Å². The number of aryl methyl sites for hydroxylation is 1. The topological polar surface area (TPSA) is 37.8 Å². The van der Waals surface area contributed by atoms with E-state index in [1.165, 1.54) is 0 Å². The fourth-order valence-electron chi connectivity index (χ4n) is 2.31. The summed E-state index contributed by atoms with van der Waals surface area (Å²) in [5.74, 6) is 0.869. The number of rotatable bonds is 5. The summed E-state index contributed by atoms with van der Waals surface area (Å²) < 4.78 is 0. The van der Waals surface area contributed by atoms with E-state index in [9.17, 15) is 0 Å². The first-order chi connectivity index (χ1) is 10.4. The summed E-state index contributed by atoms with van der Waals surface area (Å²) >= 11 is 0. The first kappa shape index (κ1) is 13.6. The molecule has 1 N–H and O–H groups in total. The van der Waals surface area contributed by atoms with E-state index in [0.717, 1.165) is 47.5 Å². The van der Waals surface area contributed by atoms with Gasteiger partial charge >= 0.3 is 0 Å². The molecule has 0 saturated heterocycles. The van der Waals surface area contributed by atoms with Gasteiger partial charge in [0.25, 0.3) is 0 Å². The molecule has 106 valence electrons. The monoisotopic (exact) mass is 277 g/mol. The SMILES string of the molecule is CCCCc1nc2ccccc2nc1Nc1ccccc1. The molecular formula is C18H19N3. The zero-order chi connectivity index (χ0) is 14.5. The largest absolute Gasteiger partial charge is 0.339 e. The third-order valence-corrected chi connectivity index (χ3v) is 3.45. The van der Waals surface area contributed by atoms with Gasteiger partial charge in [-0.15, -0.1) is 0 Å². The Bertz CT molecular complexity index is 723. The molecule has 3 aromatic rings. The summed E-state index contributed by atoms with van der Waals surface area (Å²) in [4.78, 5) is 9.53. The second-order valence-electron chi connectivity index (χ2n) is 5.10. The van der Waals surface area contributed by atoms with Crippen molar-refractivity contribution in [3.8, 4) is 0 Å². The van der Waals surface area contributed by atoms with E-state index < -0.39 is 0 Å². The molecule has 0 bridgehead atoms. The molecular weight excluding hydrogens is 258 g/mol. The van der Waals surface area contributed by atoms with Crippen LogP contribution in [-0.4, -0.2) is 9.97 Å². The third kappa shape index (κ3) is 3.19. The highest BCUT2D eigenvalue weighted by molar-refractivity contribution is 5.77. The Labute approximate surface area is 125 Å². The summed E-state index contributed by atoms with van der Waals surface area (Å²) in [5.41, 5.74) is 3.97. The number of hydrogen-bond donors (Lipinski definition) is 1. The van der Waals surface area contributed by atoms with Crippen LogP contribution in [0, 0.1) is 0 Å².